The monoisotopic (exact) mass is 267 g/mol. The highest BCUT2D eigenvalue weighted by molar-refractivity contribution is 7.84. The lowest BCUT2D eigenvalue weighted by atomic mass is 9.99. The number of rotatable bonds is 6. The molecule has 0 amide bonds. The summed E-state index contributed by atoms with van der Waals surface area (Å²) < 4.78 is 11.1. The van der Waals surface area contributed by atoms with E-state index < -0.39 is 10.8 Å². The Bertz CT molecular complexity index is 405. The van der Waals surface area contributed by atoms with Gasteiger partial charge in [0.1, 0.15) is 0 Å². The Morgan fingerprint density at radius 2 is 1.78 bits per heavy atom. The maximum absolute atomic E-state index is 11.1. The van der Waals surface area contributed by atoms with E-state index in [2.05, 4.69) is 45.1 Å². The quantitative estimate of drug-likeness (QED) is 0.858. The zero-order chi connectivity index (χ0) is 13.7. The fraction of sp³-hybridized carbons (Fsp3) is 0.600. The maximum Gasteiger partial charge on any atom is 0.0246 e. The van der Waals surface area contributed by atoms with E-state index in [1.165, 1.54) is 22.3 Å². The van der Waals surface area contributed by atoms with Crippen LogP contribution in [0.25, 0.3) is 0 Å². The van der Waals surface area contributed by atoms with Gasteiger partial charge in [0, 0.05) is 35.4 Å². The highest BCUT2D eigenvalue weighted by Gasteiger charge is 2.07. The van der Waals surface area contributed by atoms with Gasteiger partial charge in [-0.25, -0.2) is 0 Å². The molecule has 0 aliphatic rings. The molecule has 0 fully saturated rings. The Labute approximate surface area is 114 Å². The smallest absolute Gasteiger partial charge is 0.0246 e. The number of hydrogen-bond acceptors (Lipinski definition) is 2. The van der Waals surface area contributed by atoms with E-state index in [1.54, 1.807) is 6.26 Å². The van der Waals surface area contributed by atoms with Crippen LogP contribution < -0.4 is 5.32 Å². The molecule has 0 spiro atoms. The van der Waals surface area contributed by atoms with E-state index in [4.69, 9.17) is 0 Å². The van der Waals surface area contributed by atoms with Crippen LogP contribution in [0.1, 0.15) is 35.6 Å². The summed E-state index contributed by atoms with van der Waals surface area (Å²) in [6.45, 7) is 9.53. The van der Waals surface area contributed by atoms with Crippen molar-refractivity contribution in [3.05, 3.63) is 34.4 Å². The lowest BCUT2D eigenvalue weighted by Crippen LogP contribution is -2.27. The Hall–Kier alpha value is -0.670. The fourth-order valence-corrected chi connectivity index (χ4v) is 2.90. The van der Waals surface area contributed by atoms with E-state index in [-0.39, 0.29) is 0 Å². The zero-order valence-corrected chi connectivity index (χ0v) is 13.0. The molecule has 2 unspecified atom stereocenters. The van der Waals surface area contributed by atoms with Crippen molar-refractivity contribution in [2.24, 2.45) is 0 Å². The van der Waals surface area contributed by atoms with Gasteiger partial charge in [0.2, 0.25) is 0 Å². The molecule has 0 saturated heterocycles. The first kappa shape index (κ1) is 15.4. The second kappa shape index (κ2) is 7.05. The molecule has 2 atom stereocenters. The topological polar surface area (TPSA) is 29.1 Å². The standard InChI is InChI=1S/C15H25NOS/c1-11-8-12(2)15(13(3)9-11)10-16-14(4)6-7-18(5)17/h8-9,14,16H,6-7,10H2,1-5H3. The first-order valence-electron chi connectivity index (χ1n) is 6.50. The molecule has 0 saturated carbocycles. The molecule has 1 rings (SSSR count). The lowest BCUT2D eigenvalue weighted by Gasteiger charge is -2.16. The number of hydrogen-bond donors (Lipinski definition) is 1. The molecule has 18 heavy (non-hydrogen) atoms. The molecule has 1 aromatic rings. The van der Waals surface area contributed by atoms with E-state index >= 15 is 0 Å². The SMILES string of the molecule is Cc1cc(C)c(CNC(C)CCS(C)=O)c(C)c1. The van der Waals surface area contributed by atoms with Gasteiger partial charge in [-0.05, 0) is 50.8 Å². The van der Waals surface area contributed by atoms with Gasteiger partial charge in [0.25, 0.3) is 0 Å². The van der Waals surface area contributed by atoms with Gasteiger partial charge >= 0.3 is 0 Å². The van der Waals surface area contributed by atoms with Crippen molar-refractivity contribution < 1.29 is 4.21 Å². The molecule has 0 aliphatic heterocycles. The van der Waals surface area contributed by atoms with Gasteiger partial charge in [-0.2, -0.15) is 0 Å². The molecule has 102 valence electrons. The number of nitrogens with one attached hydrogen (secondary N) is 1. The van der Waals surface area contributed by atoms with Crippen LogP contribution in [-0.4, -0.2) is 22.3 Å². The molecule has 3 heteroatoms. The Morgan fingerprint density at radius 3 is 2.28 bits per heavy atom. The molecule has 0 heterocycles. The van der Waals surface area contributed by atoms with Crippen molar-refractivity contribution in [3.8, 4) is 0 Å². The van der Waals surface area contributed by atoms with Crippen molar-refractivity contribution in [3.63, 3.8) is 0 Å². The summed E-state index contributed by atoms with van der Waals surface area (Å²) in [5, 5.41) is 3.52. The maximum atomic E-state index is 11.1. The molecule has 1 N–H and O–H groups in total. The van der Waals surface area contributed by atoms with Crippen LogP contribution in [0.2, 0.25) is 0 Å². The second-order valence-electron chi connectivity index (χ2n) is 5.23. The van der Waals surface area contributed by atoms with Gasteiger partial charge in [0.15, 0.2) is 0 Å². The third kappa shape index (κ3) is 4.91. The summed E-state index contributed by atoms with van der Waals surface area (Å²) in [5.41, 5.74) is 5.42. The second-order valence-corrected chi connectivity index (χ2v) is 6.78. The Balaban J connectivity index is 2.55. The lowest BCUT2D eigenvalue weighted by molar-refractivity contribution is 0.533. The average Bonchev–Trinajstić information content (AvgIpc) is 2.24. The van der Waals surface area contributed by atoms with Crippen LogP contribution in [0.15, 0.2) is 12.1 Å². The summed E-state index contributed by atoms with van der Waals surface area (Å²) in [6.07, 6.45) is 2.73. The summed E-state index contributed by atoms with van der Waals surface area (Å²) in [5.74, 6) is 0.778. The molecule has 2 nitrogen and oxygen atoms in total. The van der Waals surface area contributed by atoms with Crippen LogP contribution in [0.3, 0.4) is 0 Å². The Morgan fingerprint density at radius 1 is 1.22 bits per heavy atom. The minimum Gasteiger partial charge on any atom is -0.310 e. The van der Waals surface area contributed by atoms with Gasteiger partial charge < -0.3 is 5.32 Å². The first-order chi connectivity index (χ1) is 8.40. The largest absolute Gasteiger partial charge is 0.310 e. The molecule has 1 aromatic carbocycles. The minimum atomic E-state index is -0.686. The van der Waals surface area contributed by atoms with Gasteiger partial charge in [-0.3, -0.25) is 4.21 Å². The minimum absolute atomic E-state index is 0.411. The first-order valence-corrected chi connectivity index (χ1v) is 8.23. The molecule has 0 radical (unpaired) electrons. The third-order valence-corrected chi connectivity index (χ3v) is 4.12. The number of aryl methyl sites for hydroxylation is 3. The average molecular weight is 267 g/mol. The van der Waals surface area contributed by atoms with Crippen LogP contribution in [0.4, 0.5) is 0 Å². The molecule has 0 bridgehead atoms. The molecular weight excluding hydrogens is 242 g/mol. The fourth-order valence-electron chi connectivity index (χ4n) is 2.21. The number of benzene rings is 1. The van der Waals surface area contributed by atoms with Crippen molar-refractivity contribution >= 4 is 10.8 Å². The zero-order valence-electron chi connectivity index (χ0n) is 12.2. The predicted octanol–water partition coefficient (Wildman–Crippen LogP) is 2.86. The van der Waals surface area contributed by atoms with Gasteiger partial charge in [-0.15, -0.1) is 0 Å². The van der Waals surface area contributed by atoms with Crippen LogP contribution in [0.5, 0.6) is 0 Å². The summed E-state index contributed by atoms with van der Waals surface area (Å²) in [7, 11) is -0.686. The van der Waals surface area contributed by atoms with Crippen LogP contribution >= 0.6 is 0 Å². The summed E-state index contributed by atoms with van der Waals surface area (Å²) in [4.78, 5) is 0. The Kier molecular flexibility index (Phi) is 6.03. The van der Waals surface area contributed by atoms with Crippen molar-refractivity contribution in [2.75, 3.05) is 12.0 Å². The summed E-state index contributed by atoms with van der Waals surface area (Å²) >= 11 is 0. The van der Waals surface area contributed by atoms with Crippen molar-refractivity contribution in [1.29, 1.82) is 0 Å². The van der Waals surface area contributed by atoms with Crippen molar-refractivity contribution in [1.82, 2.24) is 5.32 Å². The van der Waals surface area contributed by atoms with E-state index in [0.29, 0.717) is 6.04 Å². The van der Waals surface area contributed by atoms with E-state index in [9.17, 15) is 4.21 Å². The van der Waals surface area contributed by atoms with E-state index in [0.717, 1.165) is 18.7 Å². The predicted molar refractivity (Wildman–Crippen MR) is 80.5 cm³/mol. The van der Waals surface area contributed by atoms with Gasteiger partial charge in [0.05, 0.1) is 0 Å². The molecular formula is C15H25NOS. The third-order valence-electron chi connectivity index (χ3n) is 3.31. The highest BCUT2D eigenvalue weighted by atomic mass is 32.2. The van der Waals surface area contributed by atoms with Crippen LogP contribution in [-0.2, 0) is 17.3 Å². The summed E-state index contributed by atoms with van der Waals surface area (Å²) in [6, 6.07) is 4.87. The molecule has 0 aliphatic carbocycles. The van der Waals surface area contributed by atoms with Gasteiger partial charge in [-0.1, -0.05) is 17.7 Å². The van der Waals surface area contributed by atoms with Crippen LogP contribution in [0, 0.1) is 20.8 Å². The van der Waals surface area contributed by atoms with Crippen molar-refractivity contribution in [2.45, 2.75) is 46.7 Å². The van der Waals surface area contributed by atoms with E-state index in [1.807, 2.05) is 0 Å². The normalized spacial score (nSPS) is 14.5. The molecule has 0 aromatic heterocycles. The highest BCUT2D eigenvalue weighted by Crippen LogP contribution is 2.16.